The quantitative estimate of drug-likeness (QED) is 0.718. The number of benzene rings is 1. The lowest BCUT2D eigenvalue weighted by Gasteiger charge is -2.34. The van der Waals surface area contributed by atoms with Gasteiger partial charge in [0, 0.05) is 33.2 Å². The molecule has 1 N–H and O–H groups in total. The molecule has 1 saturated heterocycles. The van der Waals surface area contributed by atoms with Crippen molar-refractivity contribution >= 4 is 23.6 Å². The molecule has 0 aliphatic carbocycles. The third kappa shape index (κ3) is 6.53. The largest absolute Gasteiger partial charge is 0.358 e. The second kappa shape index (κ2) is 10.4. The van der Waals surface area contributed by atoms with Crippen LogP contribution in [0.3, 0.4) is 0 Å². The SMILES string of the molecule is CNC(=O)CN1CCN(C(=O)CSCCCc2ccccc2)CC1. The Morgan fingerprint density at radius 2 is 1.83 bits per heavy atom. The Kier molecular flexibility index (Phi) is 8.12. The van der Waals surface area contributed by atoms with E-state index in [1.54, 1.807) is 18.8 Å². The number of carbonyl (C=O) groups is 2. The van der Waals surface area contributed by atoms with E-state index in [4.69, 9.17) is 0 Å². The van der Waals surface area contributed by atoms with E-state index in [2.05, 4.69) is 34.5 Å². The van der Waals surface area contributed by atoms with Crippen molar-refractivity contribution in [3.63, 3.8) is 0 Å². The fourth-order valence-corrected chi connectivity index (χ4v) is 3.56. The standard InChI is InChI=1S/C18H27N3O2S/c1-19-17(22)14-20-9-11-21(12-10-20)18(23)15-24-13-5-8-16-6-3-2-4-7-16/h2-4,6-7H,5,8-15H2,1H3,(H,19,22). The Bertz CT molecular complexity index is 516. The predicted octanol–water partition coefficient (Wildman–Crippen LogP) is 1.24. The zero-order chi connectivity index (χ0) is 17.2. The van der Waals surface area contributed by atoms with Crippen molar-refractivity contribution in [1.82, 2.24) is 15.1 Å². The monoisotopic (exact) mass is 349 g/mol. The summed E-state index contributed by atoms with van der Waals surface area (Å²) in [5.74, 6) is 1.82. The summed E-state index contributed by atoms with van der Waals surface area (Å²) in [6.45, 7) is 3.42. The average molecular weight is 350 g/mol. The molecule has 0 spiro atoms. The average Bonchev–Trinajstić information content (AvgIpc) is 2.62. The maximum Gasteiger partial charge on any atom is 0.233 e. The van der Waals surface area contributed by atoms with E-state index >= 15 is 0 Å². The minimum Gasteiger partial charge on any atom is -0.358 e. The fraction of sp³-hybridized carbons (Fsp3) is 0.556. The third-order valence-electron chi connectivity index (χ3n) is 4.19. The first-order valence-electron chi connectivity index (χ1n) is 8.51. The van der Waals surface area contributed by atoms with Crippen LogP contribution < -0.4 is 5.32 Å². The number of rotatable bonds is 8. The van der Waals surface area contributed by atoms with Gasteiger partial charge in [0.15, 0.2) is 0 Å². The second-order valence-corrected chi connectivity index (χ2v) is 7.08. The number of nitrogens with zero attached hydrogens (tertiary/aromatic N) is 2. The molecule has 2 amide bonds. The molecule has 1 aliphatic rings. The number of hydrogen-bond acceptors (Lipinski definition) is 4. The lowest BCUT2D eigenvalue weighted by atomic mass is 10.1. The fourth-order valence-electron chi connectivity index (χ4n) is 2.71. The van der Waals surface area contributed by atoms with Crippen LogP contribution in [0.4, 0.5) is 0 Å². The summed E-state index contributed by atoms with van der Waals surface area (Å²) in [4.78, 5) is 27.6. The minimum absolute atomic E-state index is 0.0312. The van der Waals surface area contributed by atoms with Gasteiger partial charge >= 0.3 is 0 Å². The van der Waals surface area contributed by atoms with E-state index in [1.807, 2.05) is 11.0 Å². The summed E-state index contributed by atoms with van der Waals surface area (Å²) in [5, 5.41) is 2.63. The maximum absolute atomic E-state index is 12.2. The van der Waals surface area contributed by atoms with Gasteiger partial charge in [-0.25, -0.2) is 0 Å². The van der Waals surface area contributed by atoms with E-state index in [-0.39, 0.29) is 11.8 Å². The van der Waals surface area contributed by atoms with E-state index in [0.717, 1.165) is 44.8 Å². The molecule has 0 bridgehead atoms. The first kappa shape index (κ1) is 18.8. The molecular formula is C18H27N3O2S. The van der Waals surface area contributed by atoms with E-state index in [0.29, 0.717) is 12.3 Å². The Labute approximate surface area is 148 Å². The van der Waals surface area contributed by atoms with Crippen molar-refractivity contribution < 1.29 is 9.59 Å². The van der Waals surface area contributed by atoms with Gasteiger partial charge in [0.25, 0.3) is 0 Å². The van der Waals surface area contributed by atoms with Crippen LogP contribution in [0.15, 0.2) is 30.3 Å². The Hall–Kier alpha value is -1.53. The smallest absolute Gasteiger partial charge is 0.233 e. The molecule has 2 rings (SSSR count). The second-order valence-electron chi connectivity index (χ2n) is 5.97. The summed E-state index contributed by atoms with van der Waals surface area (Å²) >= 11 is 1.72. The number of thioether (sulfide) groups is 1. The maximum atomic E-state index is 12.2. The van der Waals surface area contributed by atoms with Gasteiger partial charge in [0.05, 0.1) is 12.3 Å². The van der Waals surface area contributed by atoms with Crippen LogP contribution in [0.2, 0.25) is 0 Å². The van der Waals surface area contributed by atoms with Crippen molar-refractivity contribution in [2.24, 2.45) is 0 Å². The van der Waals surface area contributed by atoms with Crippen LogP contribution in [0.5, 0.6) is 0 Å². The molecule has 5 nitrogen and oxygen atoms in total. The summed E-state index contributed by atoms with van der Waals surface area (Å²) in [6, 6.07) is 10.5. The molecule has 1 aliphatic heterocycles. The first-order valence-corrected chi connectivity index (χ1v) is 9.67. The van der Waals surface area contributed by atoms with E-state index in [9.17, 15) is 9.59 Å². The Balaban J connectivity index is 1.56. The lowest BCUT2D eigenvalue weighted by Crippen LogP contribution is -2.51. The number of likely N-dealkylation sites (N-methyl/N-ethyl adjacent to an activating group) is 1. The molecule has 1 aromatic rings. The molecule has 24 heavy (non-hydrogen) atoms. The van der Waals surface area contributed by atoms with Crippen molar-refractivity contribution in [3.8, 4) is 0 Å². The summed E-state index contributed by atoms with van der Waals surface area (Å²) in [7, 11) is 1.65. The van der Waals surface area contributed by atoms with E-state index < -0.39 is 0 Å². The summed E-state index contributed by atoms with van der Waals surface area (Å²) < 4.78 is 0. The van der Waals surface area contributed by atoms with E-state index in [1.165, 1.54) is 5.56 Å². The number of hydrogen-bond donors (Lipinski definition) is 1. The Morgan fingerprint density at radius 1 is 1.12 bits per heavy atom. The van der Waals surface area contributed by atoms with Gasteiger partial charge in [0.1, 0.15) is 0 Å². The molecule has 0 aromatic heterocycles. The lowest BCUT2D eigenvalue weighted by molar-refractivity contribution is -0.130. The molecule has 0 atom stereocenters. The van der Waals surface area contributed by atoms with Gasteiger partial charge in [0.2, 0.25) is 11.8 Å². The van der Waals surface area contributed by atoms with Crippen molar-refractivity contribution in [1.29, 1.82) is 0 Å². The van der Waals surface area contributed by atoms with Crippen molar-refractivity contribution in [2.75, 3.05) is 51.3 Å². The van der Waals surface area contributed by atoms with Crippen LogP contribution in [-0.2, 0) is 16.0 Å². The Morgan fingerprint density at radius 3 is 2.50 bits per heavy atom. The zero-order valence-electron chi connectivity index (χ0n) is 14.4. The molecule has 132 valence electrons. The first-order chi connectivity index (χ1) is 11.7. The number of carbonyl (C=O) groups excluding carboxylic acids is 2. The van der Waals surface area contributed by atoms with Gasteiger partial charge in [-0.3, -0.25) is 14.5 Å². The summed E-state index contributed by atoms with van der Waals surface area (Å²) in [6.07, 6.45) is 2.17. The minimum atomic E-state index is 0.0312. The van der Waals surface area contributed by atoms with Gasteiger partial charge < -0.3 is 10.2 Å². The van der Waals surface area contributed by atoms with Crippen LogP contribution >= 0.6 is 11.8 Å². The van der Waals surface area contributed by atoms with Gasteiger partial charge in [-0.15, -0.1) is 0 Å². The number of aryl methyl sites for hydroxylation is 1. The molecular weight excluding hydrogens is 322 g/mol. The third-order valence-corrected chi connectivity index (χ3v) is 5.22. The van der Waals surface area contributed by atoms with Gasteiger partial charge in [-0.2, -0.15) is 11.8 Å². The number of nitrogens with one attached hydrogen (secondary N) is 1. The molecule has 1 fully saturated rings. The topological polar surface area (TPSA) is 52.7 Å². The molecule has 1 heterocycles. The number of piperazine rings is 1. The van der Waals surface area contributed by atoms with Crippen LogP contribution in [0.25, 0.3) is 0 Å². The molecule has 0 radical (unpaired) electrons. The highest BCUT2D eigenvalue weighted by Gasteiger charge is 2.21. The normalized spacial score (nSPS) is 15.3. The molecule has 6 heteroatoms. The molecule has 1 aromatic carbocycles. The van der Waals surface area contributed by atoms with Gasteiger partial charge in [-0.1, -0.05) is 30.3 Å². The van der Waals surface area contributed by atoms with Crippen LogP contribution in [-0.4, -0.2) is 72.9 Å². The van der Waals surface area contributed by atoms with Crippen molar-refractivity contribution in [2.45, 2.75) is 12.8 Å². The predicted molar refractivity (Wildman–Crippen MR) is 99.2 cm³/mol. The molecule has 0 saturated carbocycles. The molecule has 0 unspecified atom stereocenters. The highest BCUT2D eigenvalue weighted by molar-refractivity contribution is 7.99. The summed E-state index contributed by atoms with van der Waals surface area (Å²) in [5.41, 5.74) is 1.36. The van der Waals surface area contributed by atoms with Gasteiger partial charge in [-0.05, 0) is 24.2 Å². The highest BCUT2D eigenvalue weighted by atomic mass is 32.2. The van der Waals surface area contributed by atoms with Crippen LogP contribution in [0.1, 0.15) is 12.0 Å². The zero-order valence-corrected chi connectivity index (χ0v) is 15.2. The highest BCUT2D eigenvalue weighted by Crippen LogP contribution is 2.10. The van der Waals surface area contributed by atoms with Crippen LogP contribution in [0, 0.1) is 0 Å². The van der Waals surface area contributed by atoms with Crippen molar-refractivity contribution in [3.05, 3.63) is 35.9 Å². The number of amides is 2.